The van der Waals surface area contributed by atoms with Gasteiger partial charge in [0, 0.05) is 45.0 Å². The molecular weight excluding hydrogens is 226 g/mol. The van der Waals surface area contributed by atoms with Crippen molar-refractivity contribution in [2.75, 3.05) is 51.3 Å². The zero-order valence-corrected chi connectivity index (χ0v) is 11.1. The zero-order valence-electron chi connectivity index (χ0n) is 11.1. The lowest BCUT2D eigenvalue weighted by molar-refractivity contribution is 0.189. The van der Waals surface area contributed by atoms with Crippen molar-refractivity contribution in [3.63, 3.8) is 0 Å². The molecule has 4 heteroatoms. The molecule has 0 radical (unpaired) electrons. The van der Waals surface area contributed by atoms with Crippen LogP contribution in [0.25, 0.3) is 0 Å². The van der Waals surface area contributed by atoms with Gasteiger partial charge < -0.3 is 15.3 Å². The summed E-state index contributed by atoms with van der Waals surface area (Å²) in [6, 6.07) is 8.78. The van der Waals surface area contributed by atoms with E-state index < -0.39 is 0 Å². The van der Waals surface area contributed by atoms with Crippen molar-refractivity contribution in [3.8, 4) is 0 Å². The molecule has 1 saturated heterocycles. The van der Waals surface area contributed by atoms with Crippen LogP contribution >= 0.6 is 0 Å². The van der Waals surface area contributed by atoms with E-state index in [4.69, 9.17) is 5.11 Å². The smallest absolute Gasteiger partial charge is 0.0558 e. The van der Waals surface area contributed by atoms with Crippen LogP contribution in [-0.4, -0.2) is 56.4 Å². The van der Waals surface area contributed by atoms with Gasteiger partial charge in [0.2, 0.25) is 0 Å². The second kappa shape index (κ2) is 6.73. The van der Waals surface area contributed by atoms with Crippen LogP contribution in [0.2, 0.25) is 0 Å². The third-order valence-corrected chi connectivity index (χ3v) is 3.47. The molecule has 1 heterocycles. The highest BCUT2D eigenvalue weighted by Crippen LogP contribution is 2.17. The van der Waals surface area contributed by atoms with Crippen LogP contribution in [-0.2, 0) is 6.54 Å². The first-order valence-corrected chi connectivity index (χ1v) is 6.65. The fourth-order valence-electron chi connectivity index (χ4n) is 2.40. The minimum absolute atomic E-state index is 0.263. The highest BCUT2D eigenvalue weighted by atomic mass is 16.3. The number of piperazine rings is 1. The quantitative estimate of drug-likeness (QED) is 0.798. The van der Waals surface area contributed by atoms with Gasteiger partial charge >= 0.3 is 0 Å². The molecule has 0 amide bonds. The van der Waals surface area contributed by atoms with Gasteiger partial charge in [-0.25, -0.2) is 0 Å². The van der Waals surface area contributed by atoms with E-state index in [0.29, 0.717) is 0 Å². The van der Waals surface area contributed by atoms with Crippen LogP contribution in [0.15, 0.2) is 24.3 Å². The van der Waals surface area contributed by atoms with E-state index in [0.717, 1.165) is 39.3 Å². The third kappa shape index (κ3) is 3.45. The number of aliphatic hydroxyl groups is 1. The van der Waals surface area contributed by atoms with Crippen LogP contribution in [0.4, 0.5) is 5.69 Å². The highest BCUT2D eigenvalue weighted by molar-refractivity contribution is 5.48. The van der Waals surface area contributed by atoms with E-state index in [9.17, 15) is 0 Å². The number of aliphatic hydroxyl groups excluding tert-OH is 1. The number of hydrogen-bond donors (Lipinski definition) is 2. The van der Waals surface area contributed by atoms with Crippen molar-refractivity contribution in [1.29, 1.82) is 0 Å². The Balaban J connectivity index is 1.89. The summed E-state index contributed by atoms with van der Waals surface area (Å²) in [6.45, 7) is 6.16. The lowest BCUT2D eigenvalue weighted by Gasteiger charge is -2.35. The van der Waals surface area contributed by atoms with Gasteiger partial charge in [0.15, 0.2) is 0 Å². The summed E-state index contributed by atoms with van der Waals surface area (Å²) in [5, 5.41) is 12.1. The number of anilines is 1. The monoisotopic (exact) mass is 249 g/mol. The van der Waals surface area contributed by atoms with Gasteiger partial charge in [-0.05, 0) is 24.7 Å². The maximum atomic E-state index is 8.92. The van der Waals surface area contributed by atoms with Gasteiger partial charge in [0.25, 0.3) is 0 Å². The zero-order chi connectivity index (χ0) is 12.8. The molecule has 1 aromatic rings. The normalized spacial score (nSPS) is 17.1. The van der Waals surface area contributed by atoms with Crippen LogP contribution < -0.4 is 10.2 Å². The van der Waals surface area contributed by atoms with Crippen molar-refractivity contribution in [2.45, 2.75) is 6.54 Å². The topological polar surface area (TPSA) is 38.7 Å². The Morgan fingerprint density at radius 1 is 1.11 bits per heavy atom. The summed E-state index contributed by atoms with van der Waals surface area (Å²) in [6.07, 6.45) is 0. The Morgan fingerprint density at radius 2 is 1.78 bits per heavy atom. The predicted octanol–water partition coefficient (Wildman–Crippen LogP) is 0.520. The minimum Gasteiger partial charge on any atom is -0.395 e. The second-order valence-corrected chi connectivity index (χ2v) is 4.75. The van der Waals surface area contributed by atoms with Gasteiger partial charge in [-0.2, -0.15) is 0 Å². The van der Waals surface area contributed by atoms with E-state index in [-0.39, 0.29) is 6.61 Å². The van der Waals surface area contributed by atoms with Gasteiger partial charge in [-0.1, -0.05) is 12.1 Å². The molecule has 2 rings (SSSR count). The number of hydrogen-bond acceptors (Lipinski definition) is 4. The average molecular weight is 249 g/mol. The Labute approximate surface area is 109 Å². The van der Waals surface area contributed by atoms with E-state index in [2.05, 4.69) is 39.4 Å². The van der Waals surface area contributed by atoms with E-state index >= 15 is 0 Å². The first kappa shape index (κ1) is 13.3. The maximum absolute atomic E-state index is 8.92. The highest BCUT2D eigenvalue weighted by Gasteiger charge is 2.16. The summed E-state index contributed by atoms with van der Waals surface area (Å²) < 4.78 is 0. The molecule has 2 N–H and O–H groups in total. The van der Waals surface area contributed by atoms with Crippen molar-refractivity contribution in [2.24, 2.45) is 0 Å². The van der Waals surface area contributed by atoms with Crippen molar-refractivity contribution < 1.29 is 5.11 Å². The molecule has 1 fully saturated rings. The van der Waals surface area contributed by atoms with Crippen LogP contribution in [0.1, 0.15) is 5.56 Å². The molecule has 4 nitrogen and oxygen atoms in total. The molecule has 0 saturated carbocycles. The number of rotatable bonds is 5. The van der Waals surface area contributed by atoms with Crippen molar-refractivity contribution >= 4 is 5.69 Å². The number of nitrogens with zero attached hydrogens (tertiary/aromatic N) is 2. The predicted molar refractivity (Wildman–Crippen MR) is 74.9 cm³/mol. The van der Waals surface area contributed by atoms with Crippen LogP contribution in [0, 0.1) is 0 Å². The summed E-state index contributed by atoms with van der Waals surface area (Å²) in [5.41, 5.74) is 2.62. The molecule has 0 spiro atoms. The molecule has 18 heavy (non-hydrogen) atoms. The van der Waals surface area contributed by atoms with E-state index in [1.807, 2.05) is 7.05 Å². The van der Waals surface area contributed by atoms with Crippen molar-refractivity contribution in [3.05, 3.63) is 29.8 Å². The molecule has 0 aliphatic carbocycles. The van der Waals surface area contributed by atoms with E-state index in [1.165, 1.54) is 11.3 Å². The van der Waals surface area contributed by atoms with E-state index in [1.54, 1.807) is 0 Å². The number of nitrogens with one attached hydrogen (secondary N) is 1. The molecule has 0 atom stereocenters. The number of β-amino-alcohol motifs (C(OH)–C–C–N with tert-alkyl or cyclic N) is 1. The molecule has 0 aromatic heterocycles. The summed E-state index contributed by atoms with van der Waals surface area (Å²) in [4.78, 5) is 4.73. The average Bonchev–Trinajstić information content (AvgIpc) is 2.41. The lowest BCUT2D eigenvalue weighted by Crippen LogP contribution is -2.47. The van der Waals surface area contributed by atoms with Gasteiger partial charge in [-0.15, -0.1) is 0 Å². The Hall–Kier alpha value is -1.10. The molecule has 0 bridgehead atoms. The Morgan fingerprint density at radius 3 is 2.33 bits per heavy atom. The van der Waals surface area contributed by atoms with Crippen LogP contribution in [0.3, 0.4) is 0 Å². The van der Waals surface area contributed by atoms with Gasteiger partial charge in [0.05, 0.1) is 6.61 Å². The molecule has 1 aromatic carbocycles. The summed E-state index contributed by atoms with van der Waals surface area (Å²) in [7, 11) is 1.97. The Kier molecular flexibility index (Phi) is 4.99. The molecule has 1 aliphatic rings. The molecule has 0 unspecified atom stereocenters. The molecule has 100 valence electrons. The fraction of sp³-hybridized carbons (Fsp3) is 0.571. The largest absolute Gasteiger partial charge is 0.395 e. The first-order chi connectivity index (χ1) is 8.83. The van der Waals surface area contributed by atoms with Gasteiger partial charge in [-0.3, -0.25) is 4.90 Å². The van der Waals surface area contributed by atoms with Gasteiger partial charge in [0.1, 0.15) is 0 Å². The van der Waals surface area contributed by atoms with Crippen molar-refractivity contribution in [1.82, 2.24) is 10.2 Å². The number of benzene rings is 1. The molecule has 1 aliphatic heterocycles. The van der Waals surface area contributed by atoms with Crippen LogP contribution in [0.5, 0.6) is 0 Å². The first-order valence-electron chi connectivity index (χ1n) is 6.65. The molecular formula is C14H23N3O. The standard InChI is InChI=1S/C14H23N3O/c1-15-12-13-2-4-14(5-3-13)17-8-6-16(7-9-17)10-11-18/h2-5,15,18H,6-12H2,1H3. The minimum atomic E-state index is 0.263. The second-order valence-electron chi connectivity index (χ2n) is 4.75. The maximum Gasteiger partial charge on any atom is 0.0558 e. The SMILES string of the molecule is CNCc1ccc(N2CCN(CCO)CC2)cc1. The summed E-state index contributed by atoms with van der Waals surface area (Å²) in [5.74, 6) is 0. The fourth-order valence-corrected chi connectivity index (χ4v) is 2.40. The lowest BCUT2D eigenvalue weighted by atomic mass is 10.2. The summed E-state index contributed by atoms with van der Waals surface area (Å²) >= 11 is 0. The Bertz CT molecular complexity index is 345. The third-order valence-electron chi connectivity index (χ3n) is 3.47.